The highest BCUT2D eigenvalue weighted by molar-refractivity contribution is 6.02. The molecule has 0 radical (unpaired) electrons. The number of hydrogen-bond donors (Lipinski definition) is 1. The number of alkyl halides is 5. The van der Waals surface area contributed by atoms with E-state index in [9.17, 15) is 26.7 Å². The van der Waals surface area contributed by atoms with Gasteiger partial charge < -0.3 is 24.6 Å². The van der Waals surface area contributed by atoms with Gasteiger partial charge in [-0.2, -0.15) is 22.0 Å². The molecule has 2 aromatic carbocycles. The fraction of sp³-hybridized carbons (Fsp3) is 0.375. The molecule has 0 atom stereocenters. The zero-order valence-corrected chi connectivity index (χ0v) is 19.2. The van der Waals surface area contributed by atoms with Crippen molar-refractivity contribution in [1.82, 2.24) is 4.90 Å². The number of benzene rings is 2. The van der Waals surface area contributed by atoms with Crippen LogP contribution in [0.1, 0.15) is 18.1 Å². The van der Waals surface area contributed by atoms with Gasteiger partial charge in [0, 0.05) is 37.9 Å². The van der Waals surface area contributed by atoms with Crippen LogP contribution in [0.2, 0.25) is 0 Å². The van der Waals surface area contributed by atoms with Crippen molar-refractivity contribution in [3.63, 3.8) is 0 Å². The maximum atomic E-state index is 13.7. The lowest BCUT2D eigenvalue weighted by molar-refractivity contribution is -0.136. The molecule has 11 heteroatoms. The molecule has 0 aromatic heterocycles. The van der Waals surface area contributed by atoms with E-state index in [1.807, 2.05) is 11.9 Å². The lowest BCUT2D eigenvalue weighted by Gasteiger charge is -2.34. The first-order valence-corrected chi connectivity index (χ1v) is 10.9. The van der Waals surface area contributed by atoms with Gasteiger partial charge in [-0.1, -0.05) is 6.07 Å². The second-order valence-corrected chi connectivity index (χ2v) is 7.86. The Morgan fingerprint density at radius 3 is 2.43 bits per heavy atom. The summed E-state index contributed by atoms with van der Waals surface area (Å²) in [6.07, 6.45) is -2.29. The van der Waals surface area contributed by atoms with Crippen LogP contribution in [0.15, 0.2) is 42.5 Å². The van der Waals surface area contributed by atoms with Crippen molar-refractivity contribution in [3.05, 3.63) is 53.6 Å². The van der Waals surface area contributed by atoms with E-state index in [4.69, 9.17) is 4.74 Å². The second kappa shape index (κ2) is 11.4. The number of piperazine rings is 1. The van der Waals surface area contributed by atoms with Gasteiger partial charge in [0.05, 0.1) is 17.9 Å². The smallest absolute Gasteiger partial charge is 0.418 e. The Morgan fingerprint density at radius 2 is 1.80 bits per heavy atom. The lowest BCUT2D eigenvalue weighted by atomic mass is 10.1. The monoisotopic (exact) mass is 499 g/mol. The van der Waals surface area contributed by atoms with Crippen LogP contribution in [0, 0.1) is 0 Å². The summed E-state index contributed by atoms with van der Waals surface area (Å²) in [4.78, 5) is 16.3. The SMILES string of the molecule is CCOc1cc(/C=C/C(=O)Nc2ccc(N3CCN(C)CC3)cc2C(F)(F)F)ccc1OC(F)F. The third kappa shape index (κ3) is 7.32. The number of rotatable bonds is 8. The van der Waals surface area contributed by atoms with Gasteiger partial charge >= 0.3 is 12.8 Å². The molecule has 0 unspecified atom stereocenters. The van der Waals surface area contributed by atoms with Crippen LogP contribution < -0.4 is 19.7 Å². The fourth-order valence-electron chi connectivity index (χ4n) is 3.57. The Kier molecular flexibility index (Phi) is 8.55. The minimum atomic E-state index is -4.66. The van der Waals surface area contributed by atoms with Crippen molar-refractivity contribution in [3.8, 4) is 11.5 Å². The van der Waals surface area contributed by atoms with E-state index in [1.165, 1.54) is 30.3 Å². The first-order chi connectivity index (χ1) is 16.6. The maximum Gasteiger partial charge on any atom is 0.418 e. The van der Waals surface area contributed by atoms with Gasteiger partial charge in [0.25, 0.3) is 0 Å². The summed E-state index contributed by atoms with van der Waals surface area (Å²) in [7, 11) is 1.95. The Labute approximate surface area is 199 Å². The third-order valence-corrected chi connectivity index (χ3v) is 5.35. The van der Waals surface area contributed by atoms with Crippen molar-refractivity contribution in [2.24, 2.45) is 0 Å². The van der Waals surface area contributed by atoms with Gasteiger partial charge in [-0.3, -0.25) is 4.79 Å². The van der Waals surface area contributed by atoms with Crippen LogP contribution in [0.3, 0.4) is 0 Å². The average Bonchev–Trinajstić information content (AvgIpc) is 2.79. The molecule has 190 valence electrons. The van der Waals surface area contributed by atoms with Gasteiger partial charge in [-0.25, -0.2) is 0 Å². The molecule has 6 nitrogen and oxygen atoms in total. The van der Waals surface area contributed by atoms with Crippen molar-refractivity contribution in [1.29, 1.82) is 0 Å². The molecule has 0 aliphatic carbocycles. The molecule has 3 rings (SSSR count). The standard InChI is InChI=1S/C24H26F5N3O3/c1-3-34-21-14-16(4-8-20(21)35-23(25)26)5-9-22(33)30-19-7-6-17(15-18(19)24(27,28)29)32-12-10-31(2)11-13-32/h4-9,14-15,23H,3,10-13H2,1-2H3,(H,30,33)/b9-5+. The molecule has 1 saturated heterocycles. The topological polar surface area (TPSA) is 54.0 Å². The molecule has 1 amide bonds. The number of halogens is 5. The summed E-state index contributed by atoms with van der Waals surface area (Å²) in [5, 5.41) is 2.27. The minimum absolute atomic E-state index is 0.0502. The van der Waals surface area contributed by atoms with E-state index < -0.39 is 24.3 Å². The summed E-state index contributed by atoms with van der Waals surface area (Å²) >= 11 is 0. The van der Waals surface area contributed by atoms with Gasteiger partial charge in [-0.05, 0) is 55.9 Å². The Balaban J connectivity index is 1.76. The number of nitrogens with zero attached hydrogens (tertiary/aromatic N) is 2. The predicted molar refractivity (Wildman–Crippen MR) is 123 cm³/mol. The molecule has 1 aliphatic rings. The minimum Gasteiger partial charge on any atom is -0.490 e. The zero-order valence-electron chi connectivity index (χ0n) is 19.2. The molecule has 1 N–H and O–H groups in total. The van der Waals surface area contributed by atoms with Crippen LogP contribution in [-0.4, -0.2) is 57.3 Å². The van der Waals surface area contributed by atoms with Crippen LogP contribution in [-0.2, 0) is 11.0 Å². The highest BCUT2D eigenvalue weighted by atomic mass is 19.4. The number of hydrogen-bond acceptors (Lipinski definition) is 5. The number of anilines is 2. The second-order valence-electron chi connectivity index (χ2n) is 7.86. The van der Waals surface area contributed by atoms with Crippen LogP contribution in [0.25, 0.3) is 6.08 Å². The van der Waals surface area contributed by atoms with Crippen LogP contribution >= 0.6 is 0 Å². The molecular formula is C24H26F5N3O3. The fourth-order valence-corrected chi connectivity index (χ4v) is 3.57. The lowest BCUT2D eigenvalue weighted by Crippen LogP contribution is -2.44. The average molecular weight is 499 g/mol. The van der Waals surface area contributed by atoms with E-state index in [0.717, 1.165) is 25.2 Å². The highest BCUT2D eigenvalue weighted by Gasteiger charge is 2.34. The molecular weight excluding hydrogens is 473 g/mol. The Hall–Kier alpha value is -3.34. The Morgan fingerprint density at radius 1 is 1.09 bits per heavy atom. The number of likely N-dealkylation sites (N-methyl/N-ethyl adjacent to an activating group) is 1. The molecule has 0 spiro atoms. The quantitative estimate of drug-likeness (QED) is 0.404. The first kappa shape index (κ1) is 26.3. The van der Waals surface area contributed by atoms with Crippen molar-refractivity contribution in [2.75, 3.05) is 50.1 Å². The summed E-state index contributed by atoms with van der Waals surface area (Å²) < 4.78 is 75.9. The molecule has 0 bridgehead atoms. The van der Waals surface area contributed by atoms with Gasteiger partial charge in [-0.15, -0.1) is 0 Å². The van der Waals surface area contributed by atoms with Crippen molar-refractivity contribution >= 4 is 23.4 Å². The molecule has 1 aliphatic heterocycles. The molecule has 2 aromatic rings. The Bertz CT molecular complexity index is 1050. The summed E-state index contributed by atoms with van der Waals surface area (Å²) in [6, 6.07) is 7.89. The van der Waals surface area contributed by atoms with Crippen molar-refractivity contribution < 1.29 is 36.2 Å². The first-order valence-electron chi connectivity index (χ1n) is 10.9. The van der Waals surface area contributed by atoms with E-state index in [0.29, 0.717) is 24.3 Å². The number of nitrogens with one attached hydrogen (secondary N) is 1. The summed E-state index contributed by atoms with van der Waals surface area (Å²) in [5.41, 5.74) is -0.455. The van der Waals surface area contributed by atoms with Crippen molar-refractivity contribution in [2.45, 2.75) is 19.7 Å². The highest BCUT2D eigenvalue weighted by Crippen LogP contribution is 2.37. The summed E-state index contributed by atoms with van der Waals surface area (Å²) in [6.45, 7) is 1.51. The number of carbonyl (C=O) groups excluding carboxylic acids is 1. The number of amides is 1. The van der Waals surface area contributed by atoms with Gasteiger partial charge in [0.15, 0.2) is 11.5 Å². The van der Waals surface area contributed by atoms with Crippen LogP contribution in [0.4, 0.5) is 33.3 Å². The van der Waals surface area contributed by atoms with Gasteiger partial charge in [0.1, 0.15) is 0 Å². The molecule has 0 saturated carbocycles. The van der Waals surface area contributed by atoms with Crippen LogP contribution in [0.5, 0.6) is 11.5 Å². The summed E-state index contributed by atoms with van der Waals surface area (Å²) in [5.74, 6) is -0.901. The van der Waals surface area contributed by atoms with Gasteiger partial charge in [0.2, 0.25) is 5.91 Å². The third-order valence-electron chi connectivity index (χ3n) is 5.35. The molecule has 1 fully saturated rings. The zero-order chi connectivity index (χ0) is 25.6. The number of ether oxygens (including phenoxy) is 2. The van der Waals surface area contributed by atoms with E-state index >= 15 is 0 Å². The van der Waals surface area contributed by atoms with E-state index in [2.05, 4.69) is 15.0 Å². The normalized spacial score (nSPS) is 15.0. The maximum absolute atomic E-state index is 13.7. The van der Waals surface area contributed by atoms with E-state index in [-0.39, 0.29) is 23.8 Å². The molecule has 35 heavy (non-hydrogen) atoms. The predicted octanol–water partition coefficient (Wildman–Crippen LogP) is 5.11. The number of carbonyl (C=O) groups is 1. The largest absolute Gasteiger partial charge is 0.490 e. The van der Waals surface area contributed by atoms with E-state index in [1.54, 1.807) is 13.0 Å². The molecule has 1 heterocycles.